The van der Waals surface area contributed by atoms with Gasteiger partial charge in [0.25, 0.3) is 5.91 Å². The molecule has 1 rings (SSSR count). The van der Waals surface area contributed by atoms with E-state index < -0.39 is 6.04 Å². The molecule has 0 radical (unpaired) electrons. The first-order valence-corrected chi connectivity index (χ1v) is 7.01. The van der Waals surface area contributed by atoms with Gasteiger partial charge in [-0.15, -0.1) is 11.3 Å². The minimum Gasteiger partial charge on any atom is -0.495 e. The van der Waals surface area contributed by atoms with Crippen molar-refractivity contribution in [3.63, 3.8) is 0 Å². The van der Waals surface area contributed by atoms with E-state index in [1.54, 1.807) is 18.5 Å². The summed E-state index contributed by atoms with van der Waals surface area (Å²) in [6, 6.07) is 1.21. The number of amides is 2. The van der Waals surface area contributed by atoms with E-state index in [9.17, 15) is 9.59 Å². The lowest BCUT2D eigenvalue weighted by atomic mass is 10.0. The number of hydrogen-bond acceptors (Lipinski definition) is 4. The summed E-state index contributed by atoms with van der Waals surface area (Å²) in [5.74, 6) is 0.384. The fourth-order valence-electron chi connectivity index (χ4n) is 1.72. The maximum Gasteiger partial charge on any atom is 0.265 e. The molecule has 0 saturated heterocycles. The number of rotatable bonds is 6. The van der Waals surface area contributed by atoms with Crippen LogP contribution in [-0.2, 0) is 4.79 Å². The Bertz CT molecular complexity index is 443. The fraction of sp³-hybridized carbons (Fsp3) is 0.538. The van der Waals surface area contributed by atoms with Crippen LogP contribution in [-0.4, -0.2) is 32.0 Å². The quantitative estimate of drug-likeness (QED) is 0.834. The van der Waals surface area contributed by atoms with Crippen molar-refractivity contribution in [1.29, 1.82) is 0 Å². The summed E-state index contributed by atoms with van der Waals surface area (Å²) < 4.78 is 5.10. The predicted molar refractivity (Wildman–Crippen MR) is 75.6 cm³/mol. The standard InChI is InChI=1S/C13H20N2O3S/c1-8(2)7-9(12(16)14-3)15-13(17)11-10(18-4)5-6-19-11/h5-6,8-9H,7H2,1-4H3,(H,14,16)(H,15,17)/t9-/m1/s1. The number of hydrogen-bond donors (Lipinski definition) is 2. The highest BCUT2D eigenvalue weighted by Crippen LogP contribution is 2.24. The summed E-state index contributed by atoms with van der Waals surface area (Å²) in [4.78, 5) is 24.4. The van der Waals surface area contributed by atoms with E-state index in [4.69, 9.17) is 4.74 Å². The summed E-state index contributed by atoms with van der Waals surface area (Å²) in [5, 5.41) is 7.11. The van der Waals surface area contributed by atoms with Crippen molar-refractivity contribution in [2.24, 2.45) is 5.92 Å². The van der Waals surface area contributed by atoms with E-state index in [2.05, 4.69) is 10.6 Å². The SMILES string of the molecule is CNC(=O)[C@@H](CC(C)C)NC(=O)c1sccc1OC. The molecular formula is C13H20N2O3S. The summed E-state index contributed by atoms with van der Waals surface area (Å²) in [7, 11) is 3.08. The number of nitrogens with one attached hydrogen (secondary N) is 2. The minimum absolute atomic E-state index is 0.183. The Labute approximate surface area is 117 Å². The van der Waals surface area contributed by atoms with Gasteiger partial charge in [-0.3, -0.25) is 9.59 Å². The molecule has 0 unspecified atom stereocenters. The number of carbonyl (C=O) groups is 2. The van der Waals surface area contributed by atoms with Gasteiger partial charge in [-0.05, 0) is 23.8 Å². The molecule has 0 aliphatic heterocycles. The molecule has 1 aromatic heterocycles. The van der Waals surface area contributed by atoms with Crippen molar-refractivity contribution in [2.75, 3.05) is 14.2 Å². The summed E-state index contributed by atoms with van der Waals surface area (Å²) in [6.45, 7) is 4.02. The van der Waals surface area contributed by atoms with Gasteiger partial charge in [0.05, 0.1) is 7.11 Å². The highest BCUT2D eigenvalue weighted by atomic mass is 32.1. The largest absolute Gasteiger partial charge is 0.495 e. The summed E-state index contributed by atoms with van der Waals surface area (Å²) >= 11 is 1.29. The Morgan fingerprint density at radius 2 is 2.11 bits per heavy atom. The minimum atomic E-state index is -0.524. The van der Waals surface area contributed by atoms with Crippen LogP contribution in [0.5, 0.6) is 5.75 Å². The Kier molecular flexibility index (Phi) is 5.82. The number of ether oxygens (including phenoxy) is 1. The average Bonchev–Trinajstić information content (AvgIpc) is 2.84. The van der Waals surface area contributed by atoms with E-state index in [0.29, 0.717) is 23.0 Å². The lowest BCUT2D eigenvalue weighted by molar-refractivity contribution is -0.122. The van der Waals surface area contributed by atoms with Crippen LogP contribution in [0.25, 0.3) is 0 Å². The molecule has 106 valence electrons. The van der Waals surface area contributed by atoms with E-state index in [-0.39, 0.29) is 11.8 Å². The molecule has 1 atom stereocenters. The highest BCUT2D eigenvalue weighted by Gasteiger charge is 2.23. The molecule has 2 amide bonds. The third kappa shape index (κ3) is 4.24. The third-order valence-corrected chi connectivity index (χ3v) is 3.53. The number of likely N-dealkylation sites (N-methyl/N-ethyl adjacent to an activating group) is 1. The lowest BCUT2D eigenvalue weighted by Gasteiger charge is -2.19. The van der Waals surface area contributed by atoms with Gasteiger partial charge in [0.1, 0.15) is 16.7 Å². The number of carbonyl (C=O) groups excluding carboxylic acids is 2. The van der Waals surface area contributed by atoms with Crippen LogP contribution in [0.2, 0.25) is 0 Å². The van der Waals surface area contributed by atoms with E-state index in [1.165, 1.54) is 18.4 Å². The maximum absolute atomic E-state index is 12.1. The van der Waals surface area contributed by atoms with Crippen LogP contribution < -0.4 is 15.4 Å². The zero-order chi connectivity index (χ0) is 14.4. The monoisotopic (exact) mass is 284 g/mol. The molecule has 0 saturated carbocycles. The molecule has 1 aromatic rings. The Morgan fingerprint density at radius 1 is 1.42 bits per heavy atom. The van der Waals surface area contributed by atoms with E-state index >= 15 is 0 Å². The normalized spacial score (nSPS) is 12.1. The topological polar surface area (TPSA) is 67.4 Å². The second kappa shape index (κ2) is 7.13. The maximum atomic E-state index is 12.1. The molecule has 19 heavy (non-hydrogen) atoms. The molecule has 0 aliphatic carbocycles. The number of thiophene rings is 1. The molecule has 1 heterocycles. The van der Waals surface area contributed by atoms with E-state index in [1.807, 2.05) is 13.8 Å². The predicted octanol–water partition coefficient (Wildman–Crippen LogP) is 1.65. The molecule has 6 heteroatoms. The second-order valence-corrected chi connectivity index (χ2v) is 5.50. The first-order valence-electron chi connectivity index (χ1n) is 6.13. The third-order valence-electron chi connectivity index (χ3n) is 2.63. The van der Waals surface area contributed by atoms with Gasteiger partial charge in [-0.25, -0.2) is 0 Å². The molecule has 0 aromatic carbocycles. The molecular weight excluding hydrogens is 264 g/mol. The Hall–Kier alpha value is -1.56. The summed E-state index contributed by atoms with van der Waals surface area (Å²) in [6.07, 6.45) is 0.596. The first-order chi connectivity index (χ1) is 8.99. The second-order valence-electron chi connectivity index (χ2n) is 4.59. The Morgan fingerprint density at radius 3 is 2.63 bits per heavy atom. The van der Waals surface area contributed by atoms with E-state index in [0.717, 1.165) is 0 Å². The van der Waals surface area contributed by atoms with Crippen LogP contribution in [0, 0.1) is 5.92 Å². The van der Waals surface area contributed by atoms with Gasteiger partial charge < -0.3 is 15.4 Å². The van der Waals surface area contributed by atoms with Crippen molar-refractivity contribution in [1.82, 2.24) is 10.6 Å². The molecule has 0 spiro atoms. The zero-order valence-corrected chi connectivity index (χ0v) is 12.5. The van der Waals surface area contributed by atoms with Crippen LogP contribution in [0.1, 0.15) is 29.9 Å². The van der Waals surface area contributed by atoms with Crippen LogP contribution >= 0.6 is 11.3 Å². The molecule has 0 fully saturated rings. The van der Waals surface area contributed by atoms with Gasteiger partial charge in [0, 0.05) is 7.05 Å². The van der Waals surface area contributed by atoms with Crippen LogP contribution in [0.15, 0.2) is 11.4 Å². The van der Waals surface area contributed by atoms with Crippen LogP contribution in [0.4, 0.5) is 0 Å². The van der Waals surface area contributed by atoms with Crippen LogP contribution in [0.3, 0.4) is 0 Å². The van der Waals surface area contributed by atoms with Crippen molar-refractivity contribution >= 4 is 23.2 Å². The van der Waals surface area contributed by atoms with Gasteiger partial charge in [0.15, 0.2) is 0 Å². The zero-order valence-electron chi connectivity index (χ0n) is 11.6. The average molecular weight is 284 g/mol. The fourth-order valence-corrected chi connectivity index (χ4v) is 2.49. The molecule has 0 bridgehead atoms. The van der Waals surface area contributed by atoms with Crippen molar-refractivity contribution in [3.05, 3.63) is 16.3 Å². The van der Waals surface area contributed by atoms with Crippen molar-refractivity contribution < 1.29 is 14.3 Å². The first kappa shape index (κ1) is 15.5. The summed E-state index contributed by atoms with van der Waals surface area (Å²) in [5.41, 5.74) is 0. The van der Waals surface area contributed by atoms with Crippen molar-refractivity contribution in [3.8, 4) is 5.75 Å². The number of methoxy groups -OCH3 is 1. The smallest absolute Gasteiger partial charge is 0.265 e. The lowest BCUT2D eigenvalue weighted by Crippen LogP contribution is -2.46. The highest BCUT2D eigenvalue weighted by molar-refractivity contribution is 7.12. The van der Waals surface area contributed by atoms with Gasteiger partial charge in [-0.1, -0.05) is 13.8 Å². The Balaban J connectivity index is 2.78. The van der Waals surface area contributed by atoms with Gasteiger partial charge in [-0.2, -0.15) is 0 Å². The molecule has 5 nitrogen and oxygen atoms in total. The van der Waals surface area contributed by atoms with Gasteiger partial charge in [0.2, 0.25) is 5.91 Å². The molecule has 0 aliphatic rings. The molecule has 2 N–H and O–H groups in total. The van der Waals surface area contributed by atoms with Gasteiger partial charge >= 0.3 is 0 Å². The van der Waals surface area contributed by atoms with Crippen molar-refractivity contribution in [2.45, 2.75) is 26.3 Å².